The first-order chi connectivity index (χ1) is 13.3. The molecular weight excluding hydrogens is 360 g/mol. The van der Waals surface area contributed by atoms with Crippen molar-refractivity contribution in [3.05, 3.63) is 47.5 Å². The monoisotopic (exact) mass is 386 g/mol. The van der Waals surface area contributed by atoms with Crippen molar-refractivity contribution in [3.8, 4) is 23.0 Å². The Hall–Kier alpha value is -3.61. The van der Waals surface area contributed by atoms with Gasteiger partial charge in [-0.05, 0) is 47.5 Å². The lowest BCUT2D eigenvalue weighted by Crippen LogP contribution is -1.93. The molecule has 0 fully saturated rings. The lowest BCUT2D eigenvalue weighted by Gasteiger charge is -2.07. The largest absolute Gasteiger partial charge is 0.503 e. The highest BCUT2D eigenvalue weighted by molar-refractivity contribution is 6.04. The highest BCUT2D eigenvalue weighted by atomic mass is 16.5. The first-order valence-corrected chi connectivity index (χ1v) is 8.58. The predicted octanol–water partition coefficient (Wildman–Crippen LogP) is 3.60. The van der Waals surface area contributed by atoms with Crippen LogP contribution < -0.4 is 20.9 Å². The third-order valence-corrected chi connectivity index (χ3v) is 3.57. The number of ether oxygens (including phenoxy) is 2. The lowest BCUT2D eigenvalue weighted by molar-refractivity contribution is -0.110. The minimum atomic E-state index is -0.277. The van der Waals surface area contributed by atoms with Gasteiger partial charge in [0.05, 0.1) is 25.6 Å². The van der Waals surface area contributed by atoms with Gasteiger partial charge >= 0.3 is 0 Å². The maximum absolute atomic E-state index is 12.0. The molecule has 0 aliphatic carbocycles. The summed E-state index contributed by atoms with van der Waals surface area (Å²) in [6, 6.07) is 6.17. The number of nitrogen functional groups attached to an aromatic ring is 2. The number of ketones is 1. The van der Waals surface area contributed by atoms with Gasteiger partial charge in [-0.3, -0.25) is 4.79 Å². The molecule has 2 aromatic carbocycles. The van der Waals surface area contributed by atoms with Crippen LogP contribution in [0, 0.1) is 0 Å². The Morgan fingerprint density at radius 2 is 1.18 bits per heavy atom. The molecule has 7 nitrogen and oxygen atoms in total. The molecule has 28 heavy (non-hydrogen) atoms. The fourth-order valence-electron chi connectivity index (χ4n) is 2.22. The van der Waals surface area contributed by atoms with Crippen LogP contribution in [0.1, 0.15) is 25.0 Å². The summed E-state index contributed by atoms with van der Waals surface area (Å²) in [5.74, 6) is -0.121. The molecule has 2 aromatic rings. The number of carbonyl (C=O) groups is 1. The number of aromatic hydroxyl groups is 2. The quantitative estimate of drug-likeness (QED) is 0.339. The number of hydrogen-bond donors (Lipinski definition) is 4. The molecule has 0 radical (unpaired) electrons. The second kappa shape index (κ2) is 10.5. The minimum absolute atomic E-state index is 0.144. The average Bonchev–Trinajstić information content (AvgIpc) is 2.70. The summed E-state index contributed by atoms with van der Waals surface area (Å²) in [5, 5.41) is 19.4. The van der Waals surface area contributed by atoms with Gasteiger partial charge in [-0.15, -0.1) is 0 Å². The molecule has 0 amide bonds. The maximum atomic E-state index is 12.0. The predicted molar refractivity (Wildman–Crippen MR) is 113 cm³/mol. The number of anilines is 2. The van der Waals surface area contributed by atoms with Gasteiger partial charge in [-0.25, -0.2) is 0 Å². The first kappa shape index (κ1) is 22.4. The normalized spacial score (nSPS) is 10.6. The van der Waals surface area contributed by atoms with Crippen LogP contribution in [-0.2, 0) is 4.79 Å². The molecule has 0 aliphatic heterocycles. The highest BCUT2D eigenvalue weighted by Crippen LogP contribution is 2.34. The summed E-state index contributed by atoms with van der Waals surface area (Å²) >= 11 is 0. The van der Waals surface area contributed by atoms with E-state index in [1.165, 1.54) is 38.5 Å². The number of methoxy groups -OCH3 is 2. The van der Waals surface area contributed by atoms with Crippen LogP contribution in [0.5, 0.6) is 23.0 Å². The molecule has 0 aliphatic rings. The van der Waals surface area contributed by atoms with Crippen LogP contribution in [0.2, 0.25) is 0 Å². The second-order valence-corrected chi connectivity index (χ2v) is 5.39. The van der Waals surface area contributed by atoms with Crippen LogP contribution in [0.4, 0.5) is 11.4 Å². The van der Waals surface area contributed by atoms with Crippen molar-refractivity contribution in [2.24, 2.45) is 0 Å². The van der Waals surface area contributed by atoms with E-state index in [2.05, 4.69) is 0 Å². The molecule has 0 atom stereocenters. The van der Waals surface area contributed by atoms with Crippen molar-refractivity contribution < 1.29 is 24.5 Å². The lowest BCUT2D eigenvalue weighted by atomic mass is 10.1. The van der Waals surface area contributed by atoms with Gasteiger partial charge in [0.25, 0.3) is 0 Å². The summed E-state index contributed by atoms with van der Waals surface area (Å²) in [4.78, 5) is 12.0. The number of phenolic OH excluding ortho intramolecular Hbond substituents is 2. The Morgan fingerprint density at radius 3 is 1.50 bits per heavy atom. The van der Waals surface area contributed by atoms with Crippen molar-refractivity contribution in [1.82, 2.24) is 0 Å². The minimum Gasteiger partial charge on any atom is -0.503 e. The number of rotatable bonds is 6. The number of carbonyl (C=O) groups excluding carboxylic acids is 1. The van der Waals surface area contributed by atoms with Crippen molar-refractivity contribution in [3.63, 3.8) is 0 Å². The number of benzene rings is 2. The van der Waals surface area contributed by atoms with E-state index in [0.717, 1.165) is 0 Å². The zero-order chi connectivity index (χ0) is 21.3. The standard InChI is InChI=1S/C19H20N2O5.C2H6/c1-25-16-9-11(7-14(20)18(16)23)3-5-13(22)6-4-12-8-15(21)19(24)17(10-12)26-2;1-2/h3-10,23-24H,20-21H2,1-2H3;1-2H3/b5-3+,6-4+;. The van der Waals surface area contributed by atoms with Gasteiger partial charge in [-0.2, -0.15) is 0 Å². The van der Waals surface area contributed by atoms with E-state index < -0.39 is 0 Å². The number of allylic oxidation sites excluding steroid dienone is 2. The van der Waals surface area contributed by atoms with Crippen LogP contribution in [0.15, 0.2) is 36.4 Å². The molecule has 7 heteroatoms. The summed E-state index contributed by atoms with van der Waals surface area (Å²) in [5.41, 5.74) is 12.9. The van der Waals surface area contributed by atoms with E-state index in [9.17, 15) is 15.0 Å². The molecule has 150 valence electrons. The summed E-state index contributed by atoms with van der Waals surface area (Å²) in [6.45, 7) is 4.00. The molecule has 0 spiro atoms. The van der Waals surface area contributed by atoms with Gasteiger partial charge in [0, 0.05) is 0 Å². The fraction of sp³-hybridized carbons (Fsp3) is 0.190. The zero-order valence-corrected chi connectivity index (χ0v) is 16.4. The summed E-state index contributed by atoms with van der Waals surface area (Å²) < 4.78 is 10.0. The SMILES string of the molecule is CC.COc1cc(/C=C/C(=O)/C=C/c2cc(N)c(O)c(OC)c2)cc(N)c1O. The molecule has 2 rings (SSSR count). The van der Waals surface area contributed by atoms with Crippen LogP contribution in [0.25, 0.3) is 12.2 Å². The van der Waals surface area contributed by atoms with Gasteiger partial charge in [0.1, 0.15) is 0 Å². The van der Waals surface area contributed by atoms with Gasteiger partial charge in [-0.1, -0.05) is 26.0 Å². The molecule has 0 saturated carbocycles. The topological polar surface area (TPSA) is 128 Å². The molecule has 0 aromatic heterocycles. The van der Waals surface area contributed by atoms with E-state index in [-0.39, 0.29) is 40.2 Å². The number of hydrogen-bond acceptors (Lipinski definition) is 7. The molecule has 0 saturated heterocycles. The van der Waals surface area contributed by atoms with Crippen LogP contribution >= 0.6 is 0 Å². The average molecular weight is 386 g/mol. The molecule has 0 bridgehead atoms. The fourth-order valence-corrected chi connectivity index (χ4v) is 2.22. The van der Waals surface area contributed by atoms with Crippen LogP contribution in [-0.4, -0.2) is 30.2 Å². The third kappa shape index (κ3) is 5.70. The van der Waals surface area contributed by atoms with Crippen molar-refractivity contribution in [2.75, 3.05) is 25.7 Å². The van der Waals surface area contributed by atoms with Crippen LogP contribution in [0.3, 0.4) is 0 Å². The van der Waals surface area contributed by atoms with E-state index in [1.54, 1.807) is 24.3 Å². The zero-order valence-electron chi connectivity index (χ0n) is 16.4. The number of phenols is 2. The Morgan fingerprint density at radius 1 is 0.821 bits per heavy atom. The molecule has 0 heterocycles. The smallest absolute Gasteiger partial charge is 0.181 e. The Balaban J connectivity index is 0.00000190. The molecule has 0 unspecified atom stereocenters. The summed E-state index contributed by atoms with van der Waals surface area (Å²) in [6.07, 6.45) is 5.80. The Kier molecular flexibility index (Phi) is 8.43. The summed E-state index contributed by atoms with van der Waals surface area (Å²) in [7, 11) is 2.82. The van der Waals surface area contributed by atoms with Gasteiger partial charge in [0.2, 0.25) is 0 Å². The van der Waals surface area contributed by atoms with Crippen molar-refractivity contribution >= 4 is 29.3 Å². The van der Waals surface area contributed by atoms with E-state index in [1.807, 2.05) is 13.8 Å². The number of nitrogens with two attached hydrogens (primary N) is 2. The Bertz CT molecular complexity index is 817. The van der Waals surface area contributed by atoms with Crippen molar-refractivity contribution in [2.45, 2.75) is 13.8 Å². The van der Waals surface area contributed by atoms with E-state index in [0.29, 0.717) is 11.1 Å². The van der Waals surface area contributed by atoms with E-state index in [4.69, 9.17) is 20.9 Å². The maximum Gasteiger partial charge on any atom is 0.181 e. The molecular formula is C21H26N2O5. The second-order valence-electron chi connectivity index (χ2n) is 5.39. The molecule has 6 N–H and O–H groups in total. The Labute approximate surface area is 164 Å². The van der Waals surface area contributed by atoms with E-state index >= 15 is 0 Å². The van der Waals surface area contributed by atoms with Gasteiger partial charge < -0.3 is 31.2 Å². The third-order valence-electron chi connectivity index (χ3n) is 3.57. The van der Waals surface area contributed by atoms with Gasteiger partial charge in [0.15, 0.2) is 28.8 Å². The van der Waals surface area contributed by atoms with Crippen molar-refractivity contribution in [1.29, 1.82) is 0 Å². The first-order valence-electron chi connectivity index (χ1n) is 8.58. The highest BCUT2D eigenvalue weighted by Gasteiger charge is 2.08.